The van der Waals surface area contributed by atoms with Gasteiger partial charge in [0, 0.05) is 54.6 Å². The number of aromatic amines is 1. The van der Waals surface area contributed by atoms with Gasteiger partial charge in [0.2, 0.25) is 0 Å². The number of methoxy groups -OCH3 is 2. The van der Waals surface area contributed by atoms with Crippen LogP contribution in [0.1, 0.15) is 27.7 Å². The number of hydrogen-bond donors (Lipinski definition) is 1. The van der Waals surface area contributed by atoms with Gasteiger partial charge in [-0.05, 0) is 52.0 Å². The summed E-state index contributed by atoms with van der Waals surface area (Å²) in [4.78, 5) is 25.4. The Hall–Kier alpha value is -3.06. The molecule has 0 aliphatic carbocycles. The van der Waals surface area contributed by atoms with Gasteiger partial charge in [-0.15, -0.1) is 0 Å². The minimum absolute atomic E-state index is 0.235. The minimum atomic E-state index is -0.235. The van der Waals surface area contributed by atoms with E-state index in [2.05, 4.69) is 59.6 Å². The quantitative estimate of drug-likeness (QED) is 0.654. The summed E-state index contributed by atoms with van der Waals surface area (Å²) in [5, 5.41) is 0.416. The van der Waals surface area contributed by atoms with Crippen molar-refractivity contribution in [2.75, 3.05) is 32.2 Å². The lowest BCUT2D eigenvalue weighted by Gasteiger charge is -2.47. The van der Waals surface area contributed by atoms with Crippen LogP contribution in [0.25, 0.3) is 22.3 Å². The van der Waals surface area contributed by atoms with E-state index in [4.69, 9.17) is 9.47 Å². The molecule has 32 heavy (non-hydrogen) atoms. The van der Waals surface area contributed by atoms with Gasteiger partial charge in [0.15, 0.2) is 0 Å². The lowest BCUT2D eigenvalue weighted by atomic mass is 10.0. The monoisotopic (exact) mass is 436 g/mol. The summed E-state index contributed by atoms with van der Waals surface area (Å²) < 4.78 is 10.7. The van der Waals surface area contributed by atoms with Crippen molar-refractivity contribution in [3.05, 3.63) is 46.8 Å². The molecule has 0 spiro atoms. The van der Waals surface area contributed by atoms with Crippen LogP contribution in [0, 0.1) is 0 Å². The van der Waals surface area contributed by atoms with E-state index in [0.29, 0.717) is 46.4 Å². The van der Waals surface area contributed by atoms with Crippen LogP contribution in [0.3, 0.4) is 0 Å². The Kier molecular flexibility index (Phi) is 6.11. The number of fused-ring (bicyclic) bond motifs is 1. The van der Waals surface area contributed by atoms with E-state index in [-0.39, 0.29) is 5.56 Å². The maximum Gasteiger partial charge on any atom is 0.262 e. The third-order valence-corrected chi connectivity index (χ3v) is 6.29. The van der Waals surface area contributed by atoms with Gasteiger partial charge in [0.05, 0.1) is 19.7 Å². The normalized spacial score (nSPS) is 19.5. The average molecular weight is 437 g/mol. The molecule has 1 N–H and O–H groups in total. The molecule has 170 valence electrons. The molecule has 0 unspecified atom stereocenters. The molecule has 2 heterocycles. The minimum Gasteiger partial charge on any atom is -0.497 e. The van der Waals surface area contributed by atoms with Gasteiger partial charge in [-0.2, -0.15) is 0 Å². The van der Waals surface area contributed by atoms with Crippen molar-refractivity contribution in [2.24, 2.45) is 0 Å². The number of piperazine rings is 1. The average Bonchev–Trinajstić information content (AvgIpc) is 2.77. The topological polar surface area (TPSA) is 70.7 Å². The number of nitrogens with zero attached hydrogens (tertiary/aromatic N) is 3. The number of ether oxygens (including phenoxy) is 2. The molecule has 1 aromatic heterocycles. The van der Waals surface area contributed by atoms with E-state index in [9.17, 15) is 4.79 Å². The highest BCUT2D eigenvalue weighted by atomic mass is 16.5. The van der Waals surface area contributed by atoms with Gasteiger partial charge >= 0.3 is 0 Å². The summed E-state index contributed by atoms with van der Waals surface area (Å²) >= 11 is 0. The number of anilines is 1. The van der Waals surface area contributed by atoms with Crippen LogP contribution in [0.5, 0.6) is 11.5 Å². The van der Waals surface area contributed by atoms with E-state index in [1.807, 2.05) is 12.1 Å². The number of hydrogen-bond acceptors (Lipinski definition) is 6. The second-order valence-electron chi connectivity index (χ2n) is 8.83. The van der Waals surface area contributed by atoms with Crippen LogP contribution in [-0.2, 0) is 0 Å². The zero-order chi connectivity index (χ0) is 23.0. The first-order valence-electron chi connectivity index (χ1n) is 11.1. The fraction of sp³-hybridized carbons (Fsp3) is 0.440. The maximum absolute atomic E-state index is 12.8. The highest BCUT2D eigenvalue weighted by Crippen LogP contribution is 2.30. The summed E-state index contributed by atoms with van der Waals surface area (Å²) in [6, 6.07) is 13.2. The predicted octanol–water partition coefficient (Wildman–Crippen LogP) is 3.91. The van der Waals surface area contributed by atoms with E-state index >= 15 is 0 Å². The lowest BCUT2D eigenvalue weighted by Crippen LogP contribution is -2.58. The molecule has 0 amide bonds. The molecule has 7 heteroatoms. The van der Waals surface area contributed by atoms with E-state index in [1.165, 1.54) is 12.8 Å². The Labute approximate surface area is 189 Å². The van der Waals surface area contributed by atoms with Crippen LogP contribution in [-0.4, -0.2) is 60.3 Å². The van der Waals surface area contributed by atoms with Crippen LogP contribution < -0.4 is 19.9 Å². The molecule has 2 atom stereocenters. The predicted molar refractivity (Wildman–Crippen MR) is 129 cm³/mol. The highest BCUT2D eigenvalue weighted by molar-refractivity contribution is 5.87. The summed E-state index contributed by atoms with van der Waals surface area (Å²) in [7, 11) is 3.11. The Balaban J connectivity index is 1.64. The molecule has 1 aliphatic rings. The van der Waals surface area contributed by atoms with Gasteiger partial charge < -0.3 is 19.4 Å². The maximum atomic E-state index is 12.8. The van der Waals surface area contributed by atoms with Crippen molar-refractivity contribution in [2.45, 2.75) is 45.8 Å². The van der Waals surface area contributed by atoms with Crippen molar-refractivity contribution in [3.63, 3.8) is 0 Å². The number of benzene rings is 2. The fourth-order valence-corrected chi connectivity index (χ4v) is 5.02. The van der Waals surface area contributed by atoms with E-state index in [1.54, 1.807) is 19.2 Å². The molecule has 1 saturated heterocycles. The standard InChI is InChI=1S/C25H32N4O3/c1-15(2)29-16(3)13-28(14-17(29)4)19-9-7-18(8-10-19)24-26-21-11-20(31-5)12-22(32-6)23(21)25(30)27-24/h7-12,15-17H,13-14H2,1-6H3,(H,26,27,30)/t16-,17+. The van der Waals surface area contributed by atoms with Crippen molar-refractivity contribution in [1.82, 2.24) is 14.9 Å². The lowest BCUT2D eigenvalue weighted by molar-refractivity contribution is 0.0954. The van der Waals surface area contributed by atoms with Gasteiger partial charge in [-0.3, -0.25) is 9.69 Å². The number of nitrogens with one attached hydrogen (secondary N) is 1. The number of rotatable bonds is 5. The third-order valence-electron chi connectivity index (χ3n) is 6.29. The second-order valence-corrected chi connectivity index (χ2v) is 8.83. The molecule has 1 aliphatic heterocycles. The molecule has 2 aromatic carbocycles. The first-order valence-corrected chi connectivity index (χ1v) is 11.1. The molecule has 7 nitrogen and oxygen atoms in total. The molecular formula is C25H32N4O3. The smallest absolute Gasteiger partial charge is 0.262 e. The number of aromatic nitrogens is 2. The Bertz CT molecular complexity index is 1140. The SMILES string of the molecule is COc1cc(OC)c2c(=O)[nH]c(-c3ccc(N4C[C@@H](C)N(C(C)C)[C@@H](C)C4)cc3)nc2c1. The van der Waals surface area contributed by atoms with Crippen molar-refractivity contribution >= 4 is 16.6 Å². The Morgan fingerprint density at radius 3 is 2.25 bits per heavy atom. The van der Waals surface area contributed by atoms with Crippen LogP contribution >= 0.6 is 0 Å². The zero-order valence-electron chi connectivity index (χ0n) is 19.7. The first kappa shape index (κ1) is 22.1. The zero-order valence-corrected chi connectivity index (χ0v) is 19.7. The molecule has 0 radical (unpaired) electrons. The van der Waals surface area contributed by atoms with Crippen LogP contribution in [0.4, 0.5) is 5.69 Å². The van der Waals surface area contributed by atoms with Crippen molar-refractivity contribution in [3.8, 4) is 22.9 Å². The van der Waals surface area contributed by atoms with Gasteiger partial charge in [-0.25, -0.2) is 4.98 Å². The second kappa shape index (κ2) is 8.82. The summed E-state index contributed by atoms with van der Waals surface area (Å²) in [6.07, 6.45) is 0. The molecule has 1 fully saturated rings. The fourth-order valence-electron chi connectivity index (χ4n) is 5.02. The van der Waals surface area contributed by atoms with Crippen LogP contribution in [0.15, 0.2) is 41.2 Å². The van der Waals surface area contributed by atoms with Crippen LogP contribution in [0.2, 0.25) is 0 Å². The van der Waals surface area contributed by atoms with Gasteiger partial charge in [0.25, 0.3) is 5.56 Å². The largest absolute Gasteiger partial charge is 0.497 e. The first-order chi connectivity index (χ1) is 15.3. The number of H-pyrrole nitrogens is 1. The summed E-state index contributed by atoms with van der Waals surface area (Å²) in [6.45, 7) is 11.1. The van der Waals surface area contributed by atoms with Gasteiger partial charge in [0.1, 0.15) is 22.7 Å². The van der Waals surface area contributed by atoms with Gasteiger partial charge in [-0.1, -0.05) is 0 Å². The molecular weight excluding hydrogens is 404 g/mol. The molecule has 3 aromatic rings. The highest BCUT2D eigenvalue weighted by Gasteiger charge is 2.31. The summed E-state index contributed by atoms with van der Waals surface area (Å²) in [5.74, 6) is 1.56. The van der Waals surface area contributed by atoms with E-state index in [0.717, 1.165) is 18.7 Å². The van der Waals surface area contributed by atoms with E-state index < -0.39 is 0 Å². The molecule has 4 rings (SSSR count). The van der Waals surface area contributed by atoms with Crippen molar-refractivity contribution < 1.29 is 9.47 Å². The van der Waals surface area contributed by atoms with Crippen molar-refractivity contribution in [1.29, 1.82) is 0 Å². The molecule has 0 bridgehead atoms. The Morgan fingerprint density at radius 1 is 1.03 bits per heavy atom. The third kappa shape index (κ3) is 4.05. The molecule has 0 saturated carbocycles. The Morgan fingerprint density at radius 2 is 1.69 bits per heavy atom. The summed E-state index contributed by atoms with van der Waals surface area (Å²) in [5.41, 5.74) is 2.34.